The molecule has 2 atom stereocenters. The first-order valence-electron chi connectivity index (χ1n) is 7.94. The van der Waals surface area contributed by atoms with Gasteiger partial charge in [0.05, 0.1) is 18.8 Å². The predicted octanol–water partition coefficient (Wildman–Crippen LogP) is 1.13. The fraction of sp³-hybridized carbons (Fsp3) is 0.588. The summed E-state index contributed by atoms with van der Waals surface area (Å²) in [5.74, 6) is 0.0194. The van der Waals surface area contributed by atoms with Crippen LogP contribution in [0.1, 0.15) is 25.0 Å². The van der Waals surface area contributed by atoms with Gasteiger partial charge in [-0.15, -0.1) is 0 Å². The Hall–Kier alpha value is -1.43. The van der Waals surface area contributed by atoms with Gasteiger partial charge in [0.15, 0.2) is 0 Å². The van der Waals surface area contributed by atoms with Crippen molar-refractivity contribution in [2.24, 2.45) is 0 Å². The van der Waals surface area contributed by atoms with Crippen molar-refractivity contribution in [2.75, 3.05) is 26.7 Å². The van der Waals surface area contributed by atoms with E-state index in [1.807, 2.05) is 6.07 Å². The molecule has 2 N–H and O–H groups in total. The number of nitrogens with zero attached hydrogens (tertiary/aromatic N) is 1. The molecule has 1 aromatic rings. The highest BCUT2D eigenvalue weighted by Crippen LogP contribution is 2.16. The molecule has 5 heteroatoms. The number of rotatable bonds is 6. The molecule has 1 saturated heterocycles. The van der Waals surface area contributed by atoms with Crippen LogP contribution in [0.25, 0.3) is 0 Å². The van der Waals surface area contributed by atoms with Crippen molar-refractivity contribution in [3.63, 3.8) is 0 Å². The smallest absolute Gasteiger partial charge is 0.234 e. The summed E-state index contributed by atoms with van der Waals surface area (Å²) in [7, 11) is 1.77. The molecule has 1 amide bonds. The van der Waals surface area contributed by atoms with Crippen molar-refractivity contribution in [3.05, 3.63) is 35.4 Å². The van der Waals surface area contributed by atoms with Gasteiger partial charge in [-0.2, -0.15) is 0 Å². The van der Waals surface area contributed by atoms with Crippen LogP contribution in [0.3, 0.4) is 0 Å². The second-order valence-electron chi connectivity index (χ2n) is 6.03. The minimum atomic E-state index is 0.0194. The van der Waals surface area contributed by atoms with E-state index in [1.54, 1.807) is 7.05 Å². The highest BCUT2D eigenvalue weighted by molar-refractivity contribution is 5.77. The maximum absolute atomic E-state index is 11.6. The number of benzene rings is 1. The quantitative estimate of drug-likeness (QED) is 0.827. The van der Waals surface area contributed by atoms with Crippen LogP contribution in [-0.4, -0.2) is 49.7 Å². The molecule has 0 saturated carbocycles. The number of hydrogen-bond acceptors (Lipinski definition) is 4. The van der Waals surface area contributed by atoms with Crippen molar-refractivity contribution in [1.29, 1.82) is 0 Å². The van der Waals surface area contributed by atoms with Gasteiger partial charge in [-0.3, -0.25) is 9.69 Å². The van der Waals surface area contributed by atoms with Crippen molar-refractivity contribution < 1.29 is 9.53 Å². The predicted molar refractivity (Wildman–Crippen MR) is 87.5 cm³/mol. The van der Waals surface area contributed by atoms with E-state index in [9.17, 15) is 4.79 Å². The van der Waals surface area contributed by atoms with Crippen molar-refractivity contribution >= 4 is 5.91 Å². The molecule has 0 spiro atoms. The summed E-state index contributed by atoms with van der Waals surface area (Å²) >= 11 is 0. The van der Waals surface area contributed by atoms with E-state index in [4.69, 9.17) is 4.74 Å². The number of likely N-dealkylation sites (N-methyl/N-ethyl adjacent to an activating group) is 1. The fourth-order valence-corrected chi connectivity index (χ4v) is 2.96. The summed E-state index contributed by atoms with van der Waals surface area (Å²) in [6.07, 6.45) is 0.539. The number of morpholine rings is 1. The average Bonchev–Trinajstić information content (AvgIpc) is 2.45. The molecule has 1 aliphatic rings. The zero-order chi connectivity index (χ0) is 15.9. The maximum atomic E-state index is 11.6. The molecule has 122 valence electrons. The Morgan fingerprint density at radius 1 is 1.23 bits per heavy atom. The third-order valence-corrected chi connectivity index (χ3v) is 3.82. The fourth-order valence-electron chi connectivity index (χ4n) is 2.96. The van der Waals surface area contributed by atoms with E-state index in [1.165, 1.54) is 11.1 Å². The lowest BCUT2D eigenvalue weighted by Gasteiger charge is -2.35. The summed E-state index contributed by atoms with van der Waals surface area (Å²) in [4.78, 5) is 14.0. The Labute approximate surface area is 133 Å². The van der Waals surface area contributed by atoms with Crippen molar-refractivity contribution in [1.82, 2.24) is 15.5 Å². The van der Waals surface area contributed by atoms with Crippen LogP contribution in [0, 0.1) is 0 Å². The van der Waals surface area contributed by atoms with Gasteiger partial charge in [0.1, 0.15) is 0 Å². The second-order valence-corrected chi connectivity index (χ2v) is 6.03. The molecule has 0 radical (unpaired) electrons. The number of ether oxygens (including phenoxy) is 1. The Bertz CT molecular complexity index is 483. The van der Waals surface area contributed by atoms with Crippen LogP contribution >= 0.6 is 0 Å². The van der Waals surface area contributed by atoms with Gasteiger partial charge in [-0.1, -0.05) is 24.3 Å². The highest BCUT2D eigenvalue weighted by atomic mass is 16.5. The van der Waals surface area contributed by atoms with Crippen LogP contribution in [-0.2, 0) is 22.6 Å². The lowest BCUT2D eigenvalue weighted by molar-refractivity contribution is -0.120. The lowest BCUT2D eigenvalue weighted by atomic mass is 10.1. The van der Waals surface area contributed by atoms with Crippen LogP contribution in [0.2, 0.25) is 0 Å². The normalized spacial score (nSPS) is 22.5. The summed E-state index contributed by atoms with van der Waals surface area (Å²) < 4.78 is 5.78. The maximum Gasteiger partial charge on any atom is 0.234 e. The number of hydrogen-bond donors (Lipinski definition) is 2. The topological polar surface area (TPSA) is 53.6 Å². The first-order chi connectivity index (χ1) is 10.6. The number of amides is 1. The molecule has 0 aromatic heterocycles. The molecular weight excluding hydrogens is 278 g/mol. The van der Waals surface area contributed by atoms with E-state index in [0.717, 1.165) is 19.6 Å². The van der Waals surface area contributed by atoms with Crippen LogP contribution in [0.15, 0.2) is 24.3 Å². The van der Waals surface area contributed by atoms with E-state index >= 15 is 0 Å². The molecule has 1 aromatic carbocycles. The molecule has 22 heavy (non-hydrogen) atoms. The first kappa shape index (κ1) is 16.9. The minimum Gasteiger partial charge on any atom is -0.373 e. The van der Waals surface area contributed by atoms with E-state index in [2.05, 4.69) is 47.6 Å². The molecule has 0 bridgehead atoms. The van der Waals surface area contributed by atoms with Crippen molar-refractivity contribution in [2.45, 2.75) is 39.1 Å². The summed E-state index contributed by atoms with van der Waals surface area (Å²) in [6, 6.07) is 8.31. The number of carbonyl (C=O) groups is 1. The summed E-state index contributed by atoms with van der Waals surface area (Å²) in [6.45, 7) is 7.96. The zero-order valence-corrected chi connectivity index (χ0v) is 13.8. The highest BCUT2D eigenvalue weighted by Gasteiger charge is 2.22. The van der Waals surface area contributed by atoms with E-state index in [-0.39, 0.29) is 18.1 Å². The third kappa shape index (κ3) is 5.09. The monoisotopic (exact) mass is 305 g/mol. The van der Waals surface area contributed by atoms with Gasteiger partial charge < -0.3 is 15.4 Å². The Balaban J connectivity index is 1.97. The summed E-state index contributed by atoms with van der Waals surface area (Å²) in [5, 5.41) is 5.81. The van der Waals surface area contributed by atoms with E-state index in [0.29, 0.717) is 13.1 Å². The van der Waals surface area contributed by atoms with Gasteiger partial charge in [-0.05, 0) is 32.0 Å². The van der Waals surface area contributed by atoms with Crippen LogP contribution < -0.4 is 10.6 Å². The summed E-state index contributed by atoms with van der Waals surface area (Å²) in [5.41, 5.74) is 2.45. The Kier molecular flexibility index (Phi) is 6.36. The Morgan fingerprint density at radius 2 is 1.86 bits per heavy atom. The minimum absolute atomic E-state index is 0.0194. The molecule has 2 rings (SSSR count). The van der Waals surface area contributed by atoms with Gasteiger partial charge in [0.25, 0.3) is 0 Å². The molecule has 1 heterocycles. The molecule has 0 aliphatic carbocycles. The van der Waals surface area contributed by atoms with Gasteiger partial charge in [0.2, 0.25) is 5.91 Å². The van der Waals surface area contributed by atoms with Gasteiger partial charge in [0, 0.05) is 26.2 Å². The van der Waals surface area contributed by atoms with Crippen LogP contribution in [0.5, 0.6) is 0 Å². The molecule has 1 fully saturated rings. The standard InChI is InChI=1S/C17H27N3O2/c1-13-10-20(11-14(2)22-13)12-16-7-5-4-6-15(16)8-19-17(21)9-18-3/h4-7,13-14,18H,8-12H2,1-3H3,(H,19,21)/t13-,14-/m0/s1. The molecule has 5 nitrogen and oxygen atoms in total. The third-order valence-electron chi connectivity index (χ3n) is 3.82. The molecule has 1 aliphatic heterocycles. The van der Waals surface area contributed by atoms with Gasteiger partial charge >= 0.3 is 0 Å². The average molecular weight is 305 g/mol. The van der Waals surface area contributed by atoms with E-state index < -0.39 is 0 Å². The molecule has 0 unspecified atom stereocenters. The largest absolute Gasteiger partial charge is 0.373 e. The number of nitrogens with one attached hydrogen (secondary N) is 2. The second kappa shape index (κ2) is 8.27. The SMILES string of the molecule is CNCC(=O)NCc1ccccc1CN1C[C@H](C)O[C@@H](C)C1. The first-order valence-corrected chi connectivity index (χ1v) is 7.94. The lowest BCUT2D eigenvalue weighted by Crippen LogP contribution is -2.45. The van der Waals surface area contributed by atoms with Crippen LogP contribution in [0.4, 0.5) is 0 Å². The molecular formula is C17H27N3O2. The number of carbonyl (C=O) groups excluding carboxylic acids is 1. The van der Waals surface area contributed by atoms with Gasteiger partial charge in [-0.25, -0.2) is 0 Å². The zero-order valence-electron chi connectivity index (χ0n) is 13.8. The van der Waals surface area contributed by atoms with Crippen molar-refractivity contribution in [3.8, 4) is 0 Å². The Morgan fingerprint density at radius 3 is 2.50 bits per heavy atom.